The van der Waals surface area contributed by atoms with Crippen molar-refractivity contribution in [1.29, 1.82) is 0 Å². The van der Waals surface area contributed by atoms with Crippen LogP contribution in [0.15, 0.2) is 24.3 Å². The van der Waals surface area contributed by atoms with Crippen molar-refractivity contribution in [3.63, 3.8) is 0 Å². The molecule has 6 rings (SSSR count). The van der Waals surface area contributed by atoms with Crippen LogP contribution in [0.25, 0.3) is 0 Å². The third-order valence-electron chi connectivity index (χ3n) is 8.93. The van der Waals surface area contributed by atoms with Crippen molar-refractivity contribution in [2.45, 2.75) is 50.5 Å². The molecule has 4 aliphatic heterocycles. The summed E-state index contributed by atoms with van der Waals surface area (Å²) >= 11 is 0. The predicted octanol–water partition coefficient (Wildman–Crippen LogP) is 3.31. The van der Waals surface area contributed by atoms with Crippen molar-refractivity contribution in [1.82, 2.24) is 9.80 Å². The van der Waals surface area contributed by atoms with Gasteiger partial charge in [0, 0.05) is 37.1 Å². The molecule has 1 aliphatic carbocycles. The fraction of sp³-hybridized carbons (Fsp3) is 0.741. The fourth-order valence-corrected chi connectivity index (χ4v) is 6.78. The van der Waals surface area contributed by atoms with Gasteiger partial charge in [0.05, 0.1) is 32.3 Å². The van der Waals surface area contributed by atoms with Crippen LogP contribution in [0.5, 0.6) is 5.75 Å². The summed E-state index contributed by atoms with van der Waals surface area (Å²) in [6, 6.07) is 9.38. The Kier molecular flexibility index (Phi) is 6.10. The van der Waals surface area contributed by atoms with E-state index in [1.165, 1.54) is 50.8 Å². The Bertz CT molecular complexity index is 836. The molecule has 6 heteroatoms. The van der Waals surface area contributed by atoms with E-state index in [0.29, 0.717) is 42.4 Å². The van der Waals surface area contributed by atoms with Crippen LogP contribution in [-0.2, 0) is 14.3 Å². The molecule has 6 nitrogen and oxygen atoms in total. The van der Waals surface area contributed by atoms with Gasteiger partial charge in [-0.25, -0.2) is 0 Å². The second-order valence-corrected chi connectivity index (χ2v) is 11.2. The number of hydrogen-bond acceptors (Lipinski definition) is 5. The Hall–Kier alpha value is -1.63. The highest BCUT2D eigenvalue weighted by molar-refractivity contribution is 5.80. The lowest BCUT2D eigenvalue weighted by molar-refractivity contribution is -0.161. The average Bonchev–Trinajstić information content (AvgIpc) is 3.46. The average molecular weight is 455 g/mol. The van der Waals surface area contributed by atoms with Gasteiger partial charge in [0.25, 0.3) is 0 Å². The van der Waals surface area contributed by atoms with Gasteiger partial charge >= 0.3 is 0 Å². The molecule has 33 heavy (non-hydrogen) atoms. The zero-order valence-corrected chi connectivity index (χ0v) is 19.8. The normalized spacial score (nSPS) is 30.4. The van der Waals surface area contributed by atoms with Crippen LogP contribution in [0.2, 0.25) is 0 Å². The number of likely N-dealkylation sites (tertiary alicyclic amines) is 2. The summed E-state index contributed by atoms with van der Waals surface area (Å²) in [5.41, 5.74) is 1.79. The maximum Gasteiger partial charge on any atom is 0.230 e. The molecule has 4 saturated heterocycles. The third kappa shape index (κ3) is 4.42. The van der Waals surface area contributed by atoms with E-state index in [2.05, 4.69) is 34.1 Å². The summed E-state index contributed by atoms with van der Waals surface area (Å²) in [5.74, 6) is 2.68. The van der Waals surface area contributed by atoms with E-state index in [4.69, 9.17) is 14.2 Å². The van der Waals surface area contributed by atoms with Crippen molar-refractivity contribution >= 4 is 5.91 Å². The van der Waals surface area contributed by atoms with Crippen LogP contribution in [0, 0.1) is 17.3 Å². The second kappa shape index (κ2) is 9.20. The minimum absolute atomic E-state index is 0.136. The first kappa shape index (κ1) is 21.9. The number of amides is 1. The van der Waals surface area contributed by atoms with E-state index in [1.54, 1.807) is 0 Å². The summed E-state index contributed by atoms with van der Waals surface area (Å²) in [4.78, 5) is 17.3. The number of ether oxygens (including phenoxy) is 3. The van der Waals surface area contributed by atoms with Crippen molar-refractivity contribution in [2.75, 3.05) is 59.2 Å². The molecular weight excluding hydrogens is 416 g/mol. The standard InChI is InChI=1S/C27H38N2O4/c30-26(22-16-32-17-22)29-18-27(19-29)9-5-23(13-27)28-10-6-21(7-11-28)24-3-1-2-4-25(24)33-15-20-8-12-31-14-20/h1-4,20-23H,5-19H2. The lowest BCUT2D eigenvalue weighted by Crippen LogP contribution is -2.61. The van der Waals surface area contributed by atoms with Crippen LogP contribution < -0.4 is 4.74 Å². The molecule has 2 unspecified atom stereocenters. The van der Waals surface area contributed by atoms with Crippen LogP contribution >= 0.6 is 0 Å². The Morgan fingerprint density at radius 2 is 1.85 bits per heavy atom. The van der Waals surface area contributed by atoms with Gasteiger partial charge in [-0.3, -0.25) is 4.79 Å². The van der Waals surface area contributed by atoms with E-state index in [1.807, 2.05) is 0 Å². The number of nitrogens with zero attached hydrogens (tertiary/aromatic N) is 2. The third-order valence-corrected chi connectivity index (χ3v) is 8.93. The molecule has 180 valence electrons. The molecule has 0 N–H and O–H groups in total. The van der Waals surface area contributed by atoms with E-state index < -0.39 is 0 Å². The predicted molar refractivity (Wildman–Crippen MR) is 125 cm³/mol. The lowest BCUT2D eigenvalue weighted by atomic mass is 9.77. The van der Waals surface area contributed by atoms with Gasteiger partial charge in [0.2, 0.25) is 5.91 Å². The van der Waals surface area contributed by atoms with Crippen LogP contribution in [0.1, 0.15) is 50.0 Å². The quantitative estimate of drug-likeness (QED) is 0.660. The molecule has 1 aromatic carbocycles. The van der Waals surface area contributed by atoms with Gasteiger partial charge in [0.15, 0.2) is 0 Å². The van der Waals surface area contributed by atoms with Gasteiger partial charge in [-0.1, -0.05) is 18.2 Å². The van der Waals surface area contributed by atoms with Gasteiger partial charge in [-0.2, -0.15) is 0 Å². The number of rotatable bonds is 6. The monoisotopic (exact) mass is 454 g/mol. The van der Waals surface area contributed by atoms with E-state index in [-0.39, 0.29) is 5.92 Å². The highest BCUT2D eigenvalue weighted by Gasteiger charge is 2.52. The Morgan fingerprint density at radius 3 is 2.58 bits per heavy atom. The summed E-state index contributed by atoms with van der Waals surface area (Å²) in [5, 5.41) is 0. The highest BCUT2D eigenvalue weighted by atomic mass is 16.5. The summed E-state index contributed by atoms with van der Waals surface area (Å²) in [6.45, 7) is 8.05. The molecular formula is C27H38N2O4. The molecule has 5 aliphatic rings. The number of piperidine rings is 1. The second-order valence-electron chi connectivity index (χ2n) is 11.2. The number of carbonyl (C=O) groups excluding carboxylic acids is 1. The van der Waals surface area contributed by atoms with Gasteiger partial charge in [0.1, 0.15) is 5.75 Å². The minimum atomic E-state index is 0.136. The molecule has 1 saturated carbocycles. The number of para-hydroxylation sites is 1. The summed E-state index contributed by atoms with van der Waals surface area (Å²) in [6.07, 6.45) is 7.38. The Balaban J connectivity index is 0.994. The Morgan fingerprint density at radius 1 is 1.03 bits per heavy atom. The van der Waals surface area contributed by atoms with E-state index in [0.717, 1.165) is 45.1 Å². The molecule has 1 aromatic rings. The van der Waals surface area contributed by atoms with Crippen molar-refractivity contribution in [2.24, 2.45) is 17.3 Å². The minimum Gasteiger partial charge on any atom is -0.493 e. The number of benzene rings is 1. The maximum absolute atomic E-state index is 12.5. The molecule has 5 fully saturated rings. The topological polar surface area (TPSA) is 51.2 Å². The molecule has 1 spiro atoms. The first-order valence-electron chi connectivity index (χ1n) is 13.1. The maximum atomic E-state index is 12.5. The van der Waals surface area contributed by atoms with Crippen molar-refractivity contribution in [3.8, 4) is 5.75 Å². The molecule has 0 aromatic heterocycles. The van der Waals surface area contributed by atoms with Crippen molar-refractivity contribution in [3.05, 3.63) is 29.8 Å². The number of hydrogen-bond donors (Lipinski definition) is 0. The summed E-state index contributed by atoms with van der Waals surface area (Å²) in [7, 11) is 0. The molecule has 4 heterocycles. The molecule has 0 bridgehead atoms. The van der Waals surface area contributed by atoms with E-state index >= 15 is 0 Å². The first-order valence-corrected chi connectivity index (χ1v) is 13.1. The number of carbonyl (C=O) groups is 1. The van der Waals surface area contributed by atoms with Gasteiger partial charge in [-0.15, -0.1) is 0 Å². The smallest absolute Gasteiger partial charge is 0.230 e. The van der Waals surface area contributed by atoms with Crippen molar-refractivity contribution < 1.29 is 19.0 Å². The molecule has 2 atom stereocenters. The van der Waals surface area contributed by atoms with Crippen LogP contribution in [0.3, 0.4) is 0 Å². The van der Waals surface area contributed by atoms with Crippen LogP contribution in [0.4, 0.5) is 0 Å². The largest absolute Gasteiger partial charge is 0.493 e. The zero-order valence-electron chi connectivity index (χ0n) is 19.8. The molecule has 0 radical (unpaired) electrons. The van der Waals surface area contributed by atoms with Gasteiger partial charge in [-0.05, 0) is 69.2 Å². The zero-order chi connectivity index (χ0) is 22.3. The van der Waals surface area contributed by atoms with E-state index in [9.17, 15) is 4.79 Å². The lowest BCUT2D eigenvalue weighted by Gasteiger charge is -2.50. The van der Waals surface area contributed by atoms with Gasteiger partial charge < -0.3 is 24.0 Å². The molecule has 1 amide bonds. The van der Waals surface area contributed by atoms with Crippen LogP contribution in [-0.4, -0.2) is 81.0 Å². The highest BCUT2D eigenvalue weighted by Crippen LogP contribution is 2.48. The summed E-state index contributed by atoms with van der Waals surface area (Å²) < 4.78 is 17.0. The fourth-order valence-electron chi connectivity index (χ4n) is 6.78. The SMILES string of the molecule is O=C(C1COC1)N1CC2(CCC(N3CCC(c4ccccc4OCC4CCOC4)CC3)C2)C1. The first-order chi connectivity index (χ1) is 16.2. The Labute approximate surface area is 197 Å².